The normalized spacial score (nSPS) is 12.0. The Kier molecular flexibility index (Phi) is 7.76. The van der Waals surface area contributed by atoms with E-state index >= 15 is 0 Å². The van der Waals surface area contributed by atoms with E-state index in [1.165, 1.54) is 32.5 Å². The molecule has 8 heteroatoms. The molecule has 0 unspecified atom stereocenters. The zero-order valence-electron chi connectivity index (χ0n) is 16.2. The molecule has 0 saturated heterocycles. The zero-order chi connectivity index (χ0) is 19.6. The Morgan fingerprint density at radius 3 is 2.43 bits per heavy atom. The first-order chi connectivity index (χ1) is 12.9. The van der Waals surface area contributed by atoms with Crippen LogP contribution in [-0.2, 0) is 6.54 Å². The van der Waals surface area contributed by atoms with E-state index in [0.717, 1.165) is 16.6 Å². The molecule has 146 valence electrons. The second kappa shape index (κ2) is 9.64. The van der Waals surface area contributed by atoms with Crippen LogP contribution in [0.1, 0.15) is 31.7 Å². The minimum absolute atomic E-state index is 0. The van der Waals surface area contributed by atoms with Crippen molar-refractivity contribution in [2.24, 2.45) is 0 Å². The minimum atomic E-state index is -0.453. The van der Waals surface area contributed by atoms with Crippen LogP contribution >= 0.6 is 0 Å². The molecule has 1 aliphatic rings. The maximum atomic E-state index is 13.8. The summed E-state index contributed by atoms with van der Waals surface area (Å²) in [5, 5.41) is 11.2. The second-order valence-corrected chi connectivity index (χ2v) is 6.59. The van der Waals surface area contributed by atoms with Crippen LogP contribution in [0.15, 0.2) is 35.5 Å². The maximum absolute atomic E-state index is 13.8. The van der Waals surface area contributed by atoms with Gasteiger partial charge in [0, 0.05) is 79.7 Å². The first-order valence-corrected chi connectivity index (χ1v) is 9.00. The predicted molar refractivity (Wildman–Crippen MR) is 104 cm³/mol. The number of aromatic nitrogens is 3. The Morgan fingerprint density at radius 2 is 1.86 bits per heavy atom. The van der Waals surface area contributed by atoms with Gasteiger partial charge in [-0.15, -0.1) is 0 Å². The predicted octanol–water partition coefficient (Wildman–Crippen LogP) is 3.92. The van der Waals surface area contributed by atoms with Gasteiger partial charge in [-0.1, -0.05) is 19.3 Å². The Labute approximate surface area is 186 Å². The van der Waals surface area contributed by atoms with Gasteiger partial charge in [0.05, 0.1) is 11.7 Å². The van der Waals surface area contributed by atoms with Gasteiger partial charge >= 0.3 is 0 Å². The van der Waals surface area contributed by atoms with Crippen molar-refractivity contribution < 1.29 is 40.7 Å². The second-order valence-electron chi connectivity index (χ2n) is 6.59. The largest absolute Gasteiger partial charge is 0.308 e. The summed E-state index contributed by atoms with van der Waals surface area (Å²) in [6.45, 7) is 3.90. The quantitative estimate of drug-likeness (QED) is 0.457. The van der Waals surface area contributed by atoms with E-state index in [4.69, 9.17) is 0 Å². The van der Waals surface area contributed by atoms with Gasteiger partial charge in [-0.2, -0.15) is 0 Å². The van der Waals surface area contributed by atoms with Crippen molar-refractivity contribution in [2.45, 2.75) is 39.7 Å². The van der Waals surface area contributed by atoms with Crippen molar-refractivity contribution in [1.82, 2.24) is 14.5 Å². The van der Waals surface area contributed by atoms with E-state index in [1.807, 2.05) is 6.92 Å². The summed E-state index contributed by atoms with van der Waals surface area (Å²) < 4.78 is 15.4. The monoisotopic (exact) mass is 608 g/mol. The Bertz CT molecular complexity index is 1030. The number of hydrogen-bond donors (Lipinski definition) is 1. The number of anilines is 1. The van der Waals surface area contributed by atoms with Crippen LogP contribution < -0.4 is 10.6 Å². The Hall–Kier alpha value is -1.75. The summed E-state index contributed by atoms with van der Waals surface area (Å²) in [4.78, 5) is 20.9. The third kappa shape index (κ3) is 4.80. The fraction of sp³-hybridized carbons (Fsp3) is 0.350. The van der Waals surface area contributed by atoms with E-state index < -0.39 is 5.82 Å². The number of nitrogens with zero attached hydrogens (tertiary/aromatic N) is 4. The number of fused-ring (bicyclic) bond motifs is 1. The molecule has 4 rings (SSSR count). The molecule has 0 atom stereocenters. The SMILES string of the molecule is C1CC1.CCn1c(=O)c(-c2cncc(F)c2C)cc2cnc(N(C)O)cc21.[U]. The Balaban J connectivity index is 0.000000640. The standard InChI is InChI=1S/C17H17FN4O2.C3H6.U/c1-4-22-15-6-16(21(3)24)20-7-11(15)5-12(17(22)23)13-8-19-9-14(18)10(13)2;1-2-3-1;/h5-9,24H,4H2,1-3H3;1-3H2;. The summed E-state index contributed by atoms with van der Waals surface area (Å²) >= 11 is 0. The minimum Gasteiger partial charge on any atom is -0.308 e. The molecule has 3 aromatic heterocycles. The molecule has 1 aliphatic carbocycles. The van der Waals surface area contributed by atoms with Gasteiger partial charge in [0.15, 0.2) is 5.82 Å². The van der Waals surface area contributed by atoms with E-state index in [2.05, 4.69) is 9.97 Å². The molecule has 0 spiro atoms. The third-order valence-electron chi connectivity index (χ3n) is 4.41. The smallest absolute Gasteiger partial charge is 0.258 e. The van der Waals surface area contributed by atoms with Crippen LogP contribution in [0, 0.1) is 43.9 Å². The molecule has 1 N–H and O–H groups in total. The van der Waals surface area contributed by atoms with Gasteiger partial charge in [-0.05, 0) is 25.5 Å². The number of aryl methyl sites for hydroxylation is 1. The molecule has 0 bridgehead atoms. The molecular weight excluding hydrogens is 585 g/mol. The molecule has 0 aliphatic heterocycles. The summed E-state index contributed by atoms with van der Waals surface area (Å²) in [5.41, 5.74) is 1.63. The van der Waals surface area contributed by atoms with Crippen LogP contribution in [0.3, 0.4) is 0 Å². The van der Waals surface area contributed by atoms with E-state index in [1.54, 1.807) is 29.8 Å². The van der Waals surface area contributed by atoms with Crippen LogP contribution in [-0.4, -0.2) is 26.8 Å². The summed E-state index contributed by atoms with van der Waals surface area (Å²) in [5.74, 6) is -0.120. The fourth-order valence-corrected chi connectivity index (χ4v) is 2.72. The van der Waals surface area contributed by atoms with Gasteiger partial charge < -0.3 is 4.57 Å². The third-order valence-corrected chi connectivity index (χ3v) is 4.41. The molecule has 3 aromatic rings. The molecule has 3 heterocycles. The Morgan fingerprint density at radius 1 is 1.18 bits per heavy atom. The first kappa shape index (κ1) is 22.5. The van der Waals surface area contributed by atoms with Gasteiger partial charge in [0.1, 0.15) is 5.82 Å². The van der Waals surface area contributed by atoms with Gasteiger partial charge in [0.2, 0.25) is 0 Å². The molecule has 0 radical (unpaired) electrons. The average molecular weight is 608 g/mol. The molecule has 1 fully saturated rings. The number of halogens is 1. The molecular formula is C20H23FN4O2U. The van der Waals surface area contributed by atoms with Gasteiger partial charge in [0.25, 0.3) is 5.56 Å². The van der Waals surface area contributed by atoms with Crippen LogP contribution in [0.2, 0.25) is 0 Å². The number of rotatable bonds is 3. The molecule has 0 aromatic carbocycles. The van der Waals surface area contributed by atoms with Crippen molar-refractivity contribution in [3.63, 3.8) is 0 Å². The summed E-state index contributed by atoms with van der Waals surface area (Å²) in [7, 11) is 1.46. The van der Waals surface area contributed by atoms with Crippen LogP contribution in [0.25, 0.3) is 22.0 Å². The fourth-order valence-electron chi connectivity index (χ4n) is 2.72. The van der Waals surface area contributed by atoms with Crippen molar-refractivity contribution in [3.8, 4) is 11.1 Å². The molecule has 28 heavy (non-hydrogen) atoms. The van der Waals surface area contributed by atoms with E-state index in [0.29, 0.717) is 34.6 Å². The molecule has 0 amide bonds. The van der Waals surface area contributed by atoms with Crippen LogP contribution in [0.5, 0.6) is 0 Å². The number of hydrogen-bond acceptors (Lipinski definition) is 5. The van der Waals surface area contributed by atoms with Crippen LogP contribution in [0.4, 0.5) is 10.2 Å². The number of pyridine rings is 3. The molecule has 6 nitrogen and oxygen atoms in total. The zero-order valence-corrected chi connectivity index (χ0v) is 20.4. The molecule has 1 saturated carbocycles. The summed E-state index contributed by atoms with van der Waals surface area (Å²) in [6, 6.07) is 3.32. The van der Waals surface area contributed by atoms with E-state index in [-0.39, 0.29) is 36.7 Å². The van der Waals surface area contributed by atoms with E-state index in [9.17, 15) is 14.4 Å². The topological polar surface area (TPSA) is 71.2 Å². The van der Waals surface area contributed by atoms with Gasteiger partial charge in [-0.3, -0.25) is 15.0 Å². The van der Waals surface area contributed by atoms with Crippen molar-refractivity contribution in [1.29, 1.82) is 0 Å². The average Bonchev–Trinajstić information content (AvgIpc) is 3.52. The first-order valence-electron chi connectivity index (χ1n) is 9.00. The van der Waals surface area contributed by atoms with Gasteiger partial charge in [-0.25, -0.2) is 14.4 Å². The summed E-state index contributed by atoms with van der Waals surface area (Å²) in [6.07, 6.45) is 8.70. The number of hydroxylamine groups is 1. The van der Waals surface area contributed by atoms with Crippen molar-refractivity contribution in [2.75, 3.05) is 12.1 Å². The maximum Gasteiger partial charge on any atom is 0.258 e. The van der Waals surface area contributed by atoms with Crippen molar-refractivity contribution >= 4 is 16.7 Å². The van der Waals surface area contributed by atoms with Crippen molar-refractivity contribution in [3.05, 3.63) is 52.5 Å².